The molecule has 8 nitrogen and oxygen atoms in total. The van der Waals surface area contributed by atoms with Crippen molar-refractivity contribution < 1.29 is 14.3 Å². The molecule has 8 heteroatoms. The van der Waals surface area contributed by atoms with Crippen LogP contribution in [-0.2, 0) is 4.74 Å². The Labute approximate surface area is 167 Å². The fraction of sp³-hybridized carbons (Fsp3) is 0.190. The van der Waals surface area contributed by atoms with E-state index in [9.17, 15) is 9.59 Å². The second-order valence-electron chi connectivity index (χ2n) is 6.63. The number of anilines is 2. The summed E-state index contributed by atoms with van der Waals surface area (Å²) in [7, 11) is 0. The number of ether oxygens (including phenoxy) is 1. The van der Waals surface area contributed by atoms with Crippen LogP contribution >= 0.6 is 0 Å². The fourth-order valence-electron chi connectivity index (χ4n) is 3.24. The van der Waals surface area contributed by atoms with Crippen molar-refractivity contribution in [1.29, 1.82) is 0 Å². The van der Waals surface area contributed by atoms with Crippen molar-refractivity contribution in [3.63, 3.8) is 0 Å². The van der Waals surface area contributed by atoms with Crippen LogP contribution in [0.5, 0.6) is 0 Å². The molecular formula is C21H21N5O3. The number of amides is 2. The number of carbonyl (C=O) groups excluding carboxylic acids is 2. The van der Waals surface area contributed by atoms with Gasteiger partial charge in [0.15, 0.2) is 0 Å². The van der Waals surface area contributed by atoms with Gasteiger partial charge in [0.1, 0.15) is 5.69 Å². The molecule has 0 unspecified atom stereocenters. The molecule has 1 aliphatic heterocycles. The Morgan fingerprint density at radius 3 is 2.41 bits per heavy atom. The van der Waals surface area contributed by atoms with Crippen LogP contribution in [0.3, 0.4) is 0 Å². The lowest BCUT2D eigenvalue weighted by Crippen LogP contribution is -2.37. The van der Waals surface area contributed by atoms with Gasteiger partial charge in [0.2, 0.25) is 0 Å². The maximum atomic E-state index is 12.9. The van der Waals surface area contributed by atoms with Crippen molar-refractivity contribution in [2.75, 3.05) is 36.5 Å². The quantitative estimate of drug-likeness (QED) is 0.693. The second kappa shape index (κ2) is 8.15. The van der Waals surface area contributed by atoms with Gasteiger partial charge in [-0.25, -0.2) is 4.68 Å². The van der Waals surface area contributed by atoms with Gasteiger partial charge in [0.25, 0.3) is 11.8 Å². The van der Waals surface area contributed by atoms with Gasteiger partial charge in [-0.05, 0) is 42.5 Å². The van der Waals surface area contributed by atoms with Gasteiger partial charge in [-0.3, -0.25) is 9.59 Å². The van der Waals surface area contributed by atoms with E-state index in [2.05, 4.69) is 15.3 Å². The number of nitrogens with zero attached hydrogens (tertiary/aromatic N) is 3. The first-order valence-electron chi connectivity index (χ1n) is 9.31. The topological polar surface area (TPSA) is 102 Å². The maximum Gasteiger partial charge on any atom is 0.269 e. The number of hydrogen-bond donors (Lipinski definition) is 2. The highest BCUT2D eigenvalue weighted by Gasteiger charge is 2.18. The van der Waals surface area contributed by atoms with E-state index >= 15 is 0 Å². The normalized spacial score (nSPS) is 13.9. The number of carbonyl (C=O) groups is 2. The number of hydrogen-bond acceptors (Lipinski definition) is 5. The minimum Gasteiger partial charge on any atom is -0.378 e. The number of aromatic nitrogens is 2. The molecule has 29 heavy (non-hydrogen) atoms. The molecule has 0 radical (unpaired) electrons. The molecule has 1 fully saturated rings. The van der Waals surface area contributed by atoms with Crippen LogP contribution in [0.4, 0.5) is 11.4 Å². The van der Waals surface area contributed by atoms with E-state index in [4.69, 9.17) is 10.5 Å². The third kappa shape index (κ3) is 4.12. The molecule has 0 atom stereocenters. The zero-order chi connectivity index (χ0) is 20.2. The summed E-state index contributed by atoms with van der Waals surface area (Å²) in [5.41, 5.74) is 8.37. The lowest BCUT2D eigenvalue weighted by atomic mass is 10.1. The smallest absolute Gasteiger partial charge is 0.269 e. The fourth-order valence-corrected chi connectivity index (χ4v) is 3.24. The summed E-state index contributed by atoms with van der Waals surface area (Å²) in [5, 5.41) is 7.06. The first-order chi connectivity index (χ1) is 14.1. The van der Waals surface area contributed by atoms with Gasteiger partial charge in [-0.2, -0.15) is 5.10 Å². The summed E-state index contributed by atoms with van der Waals surface area (Å²) >= 11 is 0. The van der Waals surface area contributed by atoms with Gasteiger partial charge >= 0.3 is 0 Å². The number of rotatable bonds is 5. The van der Waals surface area contributed by atoms with Gasteiger partial charge in [0.05, 0.1) is 24.5 Å². The van der Waals surface area contributed by atoms with E-state index < -0.39 is 5.91 Å². The van der Waals surface area contributed by atoms with Crippen LogP contribution in [0.15, 0.2) is 60.8 Å². The van der Waals surface area contributed by atoms with Crippen molar-refractivity contribution in [1.82, 2.24) is 9.78 Å². The van der Waals surface area contributed by atoms with E-state index in [1.807, 2.05) is 24.3 Å². The van der Waals surface area contributed by atoms with Crippen molar-refractivity contribution in [2.24, 2.45) is 5.73 Å². The summed E-state index contributed by atoms with van der Waals surface area (Å²) in [5.74, 6) is -0.749. The van der Waals surface area contributed by atoms with Gasteiger partial charge < -0.3 is 20.7 Å². The Kier molecular flexibility index (Phi) is 5.26. The van der Waals surface area contributed by atoms with Crippen LogP contribution < -0.4 is 16.0 Å². The largest absolute Gasteiger partial charge is 0.378 e. The van der Waals surface area contributed by atoms with Crippen molar-refractivity contribution in [3.8, 4) is 5.69 Å². The number of primary amides is 1. The highest BCUT2D eigenvalue weighted by atomic mass is 16.5. The molecule has 0 bridgehead atoms. The molecule has 2 heterocycles. The number of morpholine rings is 1. The molecule has 148 valence electrons. The highest BCUT2D eigenvalue weighted by molar-refractivity contribution is 6.08. The van der Waals surface area contributed by atoms with Gasteiger partial charge in [-0.1, -0.05) is 12.1 Å². The lowest BCUT2D eigenvalue weighted by molar-refractivity contribution is 0.0993. The summed E-state index contributed by atoms with van der Waals surface area (Å²) in [6, 6.07) is 16.3. The van der Waals surface area contributed by atoms with Crippen LogP contribution in [0, 0.1) is 0 Å². The molecule has 1 aliphatic rings. The molecule has 1 aromatic heterocycles. The SMILES string of the molecule is NC(=O)c1ccn(-c2ccc(NC(=O)c3ccccc3N3CCOCC3)cc2)n1. The Hall–Kier alpha value is -3.65. The highest BCUT2D eigenvalue weighted by Crippen LogP contribution is 2.23. The second-order valence-corrected chi connectivity index (χ2v) is 6.63. The Morgan fingerprint density at radius 2 is 1.72 bits per heavy atom. The molecule has 0 spiro atoms. The molecular weight excluding hydrogens is 370 g/mol. The lowest BCUT2D eigenvalue weighted by Gasteiger charge is -2.30. The zero-order valence-electron chi connectivity index (χ0n) is 15.7. The van der Waals surface area contributed by atoms with E-state index in [0.29, 0.717) is 24.5 Å². The number of benzene rings is 2. The monoisotopic (exact) mass is 391 g/mol. The minimum absolute atomic E-state index is 0.171. The minimum atomic E-state index is -0.577. The molecule has 3 N–H and O–H groups in total. The summed E-state index contributed by atoms with van der Waals surface area (Å²) in [4.78, 5) is 26.2. The summed E-state index contributed by atoms with van der Waals surface area (Å²) < 4.78 is 6.96. The number of para-hydroxylation sites is 1. The third-order valence-corrected chi connectivity index (χ3v) is 4.73. The molecule has 1 saturated heterocycles. The molecule has 2 aromatic carbocycles. The zero-order valence-corrected chi connectivity index (χ0v) is 15.7. The molecule has 0 saturated carbocycles. The molecule has 2 amide bonds. The predicted octanol–water partition coefficient (Wildman–Crippen LogP) is 2.06. The first-order valence-corrected chi connectivity index (χ1v) is 9.31. The summed E-state index contributed by atoms with van der Waals surface area (Å²) in [6.45, 7) is 2.83. The van der Waals surface area contributed by atoms with Crippen molar-refractivity contribution in [2.45, 2.75) is 0 Å². The number of nitrogens with two attached hydrogens (primary N) is 1. The van der Waals surface area contributed by atoms with Gasteiger partial charge in [0, 0.05) is 30.7 Å². The Bertz CT molecular complexity index is 1020. The molecule has 0 aliphatic carbocycles. The third-order valence-electron chi connectivity index (χ3n) is 4.73. The van der Waals surface area contributed by atoms with E-state index in [0.717, 1.165) is 24.5 Å². The van der Waals surface area contributed by atoms with Gasteiger partial charge in [-0.15, -0.1) is 0 Å². The number of nitrogens with one attached hydrogen (secondary N) is 1. The van der Waals surface area contributed by atoms with E-state index in [1.54, 1.807) is 41.2 Å². The standard InChI is InChI=1S/C21H21N5O3/c22-20(27)18-9-10-26(24-18)16-7-5-15(6-8-16)23-21(28)17-3-1-2-4-19(17)25-11-13-29-14-12-25/h1-10H,11-14H2,(H2,22,27)(H,23,28). The predicted molar refractivity (Wildman–Crippen MR) is 110 cm³/mol. The Morgan fingerprint density at radius 1 is 1.00 bits per heavy atom. The van der Waals surface area contributed by atoms with Crippen LogP contribution in [-0.4, -0.2) is 47.9 Å². The molecule has 3 aromatic rings. The first kappa shape index (κ1) is 18.7. The van der Waals surface area contributed by atoms with E-state index in [-0.39, 0.29) is 11.6 Å². The van der Waals surface area contributed by atoms with Crippen molar-refractivity contribution >= 4 is 23.2 Å². The van der Waals surface area contributed by atoms with E-state index in [1.165, 1.54) is 0 Å². The van der Waals surface area contributed by atoms with Crippen LogP contribution in [0.25, 0.3) is 5.69 Å². The summed E-state index contributed by atoms with van der Waals surface area (Å²) in [6.07, 6.45) is 1.66. The van der Waals surface area contributed by atoms with Crippen molar-refractivity contribution in [3.05, 3.63) is 72.1 Å². The Balaban J connectivity index is 1.49. The van der Waals surface area contributed by atoms with Crippen LogP contribution in [0.1, 0.15) is 20.8 Å². The maximum absolute atomic E-state index is 12.9. The average Bonchev–Trinajstić information content (AvgIpc) is 3.26. The molecule has 4 rings (SSSR count). The average molecular weight is 391 g/mol. The van der Waals surface area contributed by atoms with Crippen LogP contribution in [0.2, 0.25) is 0 Å².